The van der Waals surface area contributed by atoms with Crippen molar-refractivity contribution >= 4 is 12.0 Å². The number of nitrogens with one attached hydrogen (secondary N) is 1. The zero-order valence-corrected chi connectivity index (χ0v) is 9.42. The summed E-state index contributed by atoms with van der Waals surface area (Å²) in [6.07, 6.45) is 5.69. The van der Waals surface area contributed by atoms with Crippen LogP contribution in [0.5, 0.6) is 0 Å². The Morgan fingerprint density at radius 2 is 2.40 bits per heavy atom. The molecule has 0 atom stereocenters. The van der Waals surface area contributed by atoms with Crippen molar-refractivity contribution in [3.05, 3.63) is 30.1 Å². The molecule has 82 valence electrons. The van der Waals surface area contributed by atoms with Crippen LogP contribution in [-0.2, 0) is 11.2 Å². The first-order valence-corrected chi connectivity index (χ1v) is 5.15. The Morgan fingerprint density at radius 1 is 1.67 bits per heavy atom. The molecule has 1 rings (SSSR count). The van der Waals surface area contributed by atoms with E-state index >= 15 is 0 Å². The van der Waals surface area contributed by atoms with Gasteiger partial charge in [-0.25, -0.2) is 0 Å². The molecule has 1 aromatic rings. The maximum atomic E-state index is 11.0. The van der Waals surface area contributed by atoms with Crippen LogP contribution in [0, 0.1) is 0 Å². The molecule has 0 aliphatic rings. The Hall–Kier alpha value is -1.51. The van der Waals surface area contributed by atoms with Gasteiger partial charge in [0.05, 0.1) is 0 Å². The van der Waals surface area contributed by atoms with E-state index in [9.17, 15) is 4.79 Å². The number of aromatic nitrogens is 1. The highest BCUT2D eigenvalue weighted by Crippen LogP contribution is 2.10. The first-order valence-electron chi connectivity index (χ1n) is 5.15. The average Bonchev–Trinajstić information content (AvgIpc) is 2.65. The maximum absolute atomic E-state index is 11.0. The topological polar surface area (TPSA) is 36.1 Å². The number of hydrogen-bond acceptors (Lipinski definition) is 1. The van der Waals surface area contributed by atoms with Crippen LogP contribution in [0.4, 0.5) is 0 Å². The van der Waals surface area contributed by atoms with Gasteiger partial charge in [-0.15, -0.1) is 0 Å². The van der Waals surface area contributed by atoms with Gasteiger partial charge in [0.15, 0.2) is 0 Å². The molecular weight excluding hydrogens is 188 g/mol. The van der Waals surface area contributed by atoms with Gasteiger partial charge in [-0.05, 0) is 24.5 Å². The lowest BCUT2D eigenvalue weighted by molar-refractivity contribution is -0.127. The van der Waals surface area contributed by atoms with Crippen molar-refractivity contribution in [1.29, 1.82) is 0 Å². The monoisotopic (exact) mass is 206 g/mol. The molecule has 0 bridgehead atoms. The summed E-state index contributed by atoms with van der Waals surface area (Å²) in [7, 11) is 1.82. The molecule has 3 nitrogen and oxygen atoms in total. The normalized spacial score (nSPS) is 10.0. The van der Waals surface area contributed by atoms with Gasteiger partial charge < -0.3 is 9.88 Å². The first kappa shape index (κ1) is 11.6. The Morgan fingerprint density at radius 3 is 3.00 bits per heavy atom. The number of carbonyl (C=O) groups is 1. The zero-order valence-electron chi connectivity index (χ0n) is 9.42. The maximum Gasteiger partial charge on any atom is 0.219 e. The van der Waals surface area contributed by atoms with Gasteiger partial charge in [0.25, 0.3) is 0 Å². The molecule has 15 heavy (non-hydrogen) atoms. The second kappa shape index (κ2) is 5.39. The number of aromatic amines is 1. The van der Waals surface area contributed by atoms with Crippen LogP contribution >= 0.6 is 0 Å². The van der Waals surface area contributed by atoms with Gasteiger partial charge in [0.1, 0.15) is 0 Å². The average molecular weight is 206 g/mol. The summed E-state index contributed by atoms with van der Waals surface area (Å²) < 4.78 is 0. The van der Waals surface area contributed by atoms with Crippen molar-refractivity contribution in [2.75, 3.05) is 13.6 Å². The largest absolute Gasteiger partial charge is 0.364 e. The fraction of sp³-hybridized carbons (Fsp3) is 0.417. The summed E-state index contributed by atoms with van der Waals surface area (Å²) in [5, 5.41) is 0. The summed E-state index contributed by atoms with van der Waals surface area (Å²) in [6.45, 7) is 6.13. The van der Waals surface area contributed by atoms with E-state index in [2.05, 4.69) is 11.6 Å². The van der Waals surface area contributed by atoms with Crippen LogP contribution in [0.3, 0.4) is 0 Å². The predicted octanol–water partition coefficient (Wildman–Crippen LogP) is 2.07. The second-order valence-electron chi connectivity index (χ2n) is 3.66. The molecule has 3 heteroatoms. The number of nitrogens with zero attached hydrogens (tertiary/aromatic N) is 1. The molecule has 0 aliphatic carbocycles. The van der Waals surface area contributed by atoms with Crippen molar-refractivity contribution in [3.63, 3.8) is 0 Å². The Bertz CT molecular complexity index is 341. The fourth-order valence-electron chi connectivity index (χ4n) is 1.47. The van der Waals surface area contributed by atoms with E-state index < -0.39 is 0 Å². The Balaban J connectivity index is 2.38. The number of carbonyl (C=O) groups excluding carboxylic acids is 1. The van der Waals surface area contributed by atoms with Crippen LogP contribution in [-0.4, -0.2) is 29.4 Å². The minimum atomic E-state index is 0.116. The highest BCUT2D eigenvalue weighted by molar-refractivity contribution is 5.72. The summed E-state index contributed by atoms with van der Waals surface area (Å²) in [5.74, 6) is 0.116. The minimum Gasteiger partial charge on any atom is -0.364 e. The second-order valence-corrected chi connectivity index (χ2v) is 3.66. The van der Waals surface area contributed by atoms with Crippen molar-refractivity contribution in [3.8, 4) is 0 Å². The van der Waals surface area contributed by atoms with E-state index in [1.807, 2.05) is 25.4 Å². The molecule has 0 saturated carbocycles. The van der Waals surface area contributed by atoms with E-state index in [4.69, 9.17) is 0 Å². The highest BCUT2D eigenvalue weighted by atomic mass is 16.2. The van der Waals surface area contributed by atoms with E-state index in [1.165, 1.54) is 5.69 Å². The summed E-state index contributed by atoms with van der Waals surface area (Å²) in [4.78, 5) is 15.9. The third-order valence-electron chi connectivity index (χ3n) is 2.55. The number of aryl methyl sites for hydroxylation is 1. The minimum absolute atomic E-state index is 0.116. The molecule has 0 aliphatic heterocycles. The predicted molar refractivity (Wildman–Crippen MR) is 62.5 cm³/mol. The standard InChI is InChI=1S/C12H18N2O/c1-4-11-7-8-13-12(11)6-5-9-14(3)10(2)15/h4,7-8,13H,1,5-6,9H2,2-3H3. The zero-order chi connectivity index (χ0) is 11.3. The van der Waals surface area contributed by atoms with E-state index in [1.54, 1.807) is 11.8 Å². The molecule has 1 heterocycles. The van der Waals surface area contributed by atoms with Crippen molar-refractivity contribution in [2.45, 2.75) is 19.8 Å². The van der Waals surface area contributed by atoms with Crippen LogP contribution in [0.1, 0.15) is 24.6 Å². The highest BCUT2D eigenvalue weighted by Gasteiger charge is 2.03. The summed E-state index contributed by atoms with van der Waals surface area (Å²) in [5.41, 5.74) is 2.35. The summed E-state index contributed by atoms with van der Waals surface area (Å²) in [6, 6.07) is 2.01. The van der Waals surface area contributed by atoms with Gasteiger partial charge in [-0.2, -0.15) is 0 Å². The number of hydrogen-bond donors (Lipinski definition) is 1. The lowest BCUT2D eigenvalue weighted by Crippen LogP contribution is -2.25. The molecule has 1 aromatic heterocycles. The molecule has 1 amide bonds. The van der Waals surface area contributed by atoms with E-state index in [0.717, 1.165) is 24.9 Å². The van der Waals surface area contributed by atoms with Crippen molar-refractivity contribution < 1.29 is 4.79 Å². The van der Waals surface area contributed by atoms with Gasteiger partial charge in [-0.1, -0.05) is 12.7 Å². The first-order chi connectivity index (χ1) is 7.15. The molecule has 0 unspecified atom stereocenters. The quantitative estimate of drug-likeness (QED) is 0.786. The molecule has 0 aromatic carbocycles. The number of rotatable bonds is 5. The van der Waals surface area contributed by atoms with Gasteiger partial charge >= 0.3 is 0 Å². The van der Waals surface area contributed by atoms with Crippen LogP contribution in [0.2, 0.25) is 0 Å². The Kier molecular flexibility index (Phi) is 4.16. The fourth-order valence-corrected chi connectivity index (χ4v) is 1.47. The van der Waals surface area contributed by atoms with E-state index in [-0.39, 0.29) is 5.91 Å². The molecule has 0 fully saturated rings. The number of H-pyrrole nitrogens is 1. The molecule has 0 saturated heterocycles. The third-order valence-corrected chi connectivity index (χ3v) is 2.55. The van der Waals surface area contributed by atoms with Crippen LogP contribution in [0.15, 0.2) is 18.8 Å². The Labute approximate surface area is 90.8 Å². The van der Waals surface area contributed by atoms with Crippen molar-refractivity contribution in [2.24, 2.45) is 0 Å². The molecular formula is C12H18N2O. The third kappa shape index (κ3) is 3.27. The lowest BCUT2D eigenvalue weighted by atomic mass is 10.1. The smallest absolute Gasteiger partial charge is 0.219 e. The molecule has 1 N–H and O–H groups in total. The van der Waals surface area contributed by atoms with Gasteiger partial charge in [-0.3, -0.25) is 4.79 Å². The summed E-state index contributed by atoms with van der Waals surface area (Å²) >= 11 is 0. The van der Waals surface area contributed by atoms with Gasteiger partial charge in [0.2, 0.25) is 5.91 Å². The molecule has 0 spiro atoms. The number of amides is 1. The van der Waals surface area contributed by atoms with Gasteiger partial charge in [0, 0.05) is 32.4 Å². The van der Waals surface area contributed by atoms with Crippen molar-refractivity contribution in [1.82, 2.24) is 9.88 Å². The SMILES string of the molecule is C=Cc1cc[nH]c1CCCN(C)C(C)=O. The van der Waals surface area contributed by atoms with Crippen LogP contribution in [0.25, 0.3) is 6.08 Å². The lowest BCUT2D eigenvalue weighted by Gasteiger charge is -2.14. The molecule has 0 radical (unpaired) electrons. The van der Waals surface area contributed by atoms with E-state index in [0.29, 0.717) is 0 Å². The van der Waals surface area contributed by atoms with Crippen LogP contribution < -0.4 is 0 Å².